The summed E-state index contributed by atoms with van der Waals surface area (Å²) >= 11 is 12.2. The second kappa shape index (κ2) is 4.94. The maximum Gasteiger partial charge on any atom is 0.103 e. The highest BCUT2D eigenvalue weighted by Gasteiger charge is 2.14. The van der Waals surface area contributed by atoms with Crippen LogP contribution in [0.4, 0.5) is 0 Å². The smallest absolute Gasteiger partial charge is 0.103 e. The lowest BCUT2D eigenvalue weighted by molar-refractivity contribution is 0.916. The summed E-state index contributed by atoms with van der Waals surface area (Å²) in [4.78, 5) is 4.12. The van der Waals surface area contributed by atoms with E-state index in [1.807, 2.05) is 6.07 Å². The largest absolute Gasteiger partial charge is 0.257 e. The highest BCUT2D eigenvalue weighted by Crippen LogP contribution is 2.26. The normalized spacial score (nSPS) is 12.2. The van der Waals surface area contributed by atoms with Crippen molar-refractivity contribution in [2.24, 2.45) is 0 Å². The molecular weight excluding hydrogens is 319 g/mol. The average molecular weight is 324 g/mol. The summed E-state index contributed by atoms with van der Waals surface area (Å²) in [5, 5.41) is 8.77. The van der Waals surface area contributed by atoms with Gasteiger partial charge in [-0.15, -0.1) is 11.6 Å². The molecule has 1 unspecified atom stereocenters. The van der Waals surface area contributed by atoms with Gasteiger partial charge < -0.3 is 0 Å². The van der Waals surface area contributed by atoms with Crippen molar-refractivity contribution in [3.63, 3.8) is 0 Å². The molecule has 13 heavy (non-hydrogen) atoms. The van der Waals surface area contributed by atoms with Gasteiger partial charge in [0.15, 0.2) is 0 Å². The molecule has 0 radical (unpaired) electrons. The van der Waals surface area contributed by atoms with E-state index >= 15 is 0 Å². The van der Waals surface area contributed by atoms with Crippen molar-refractivity contribution in [3.8, 4) is 6.07 Å². The molecule has 0 aliphatic rings. The van der Waals surface area contributed by atoms with Crippen LogP contribution in [0.5, 0.6) is 0 Å². The molecule has 1 aromatic heterocycles. The van der Waals surface area contributed by atoms with E-state index in [4.69, 9.17) is 16.9 Å². The molecule has 2 nitrogen and oxygen atoms in total. The maximum absolute atomic E-state index is 8.77. The van der Waals surface area contributed by atoms with Crippen molar-refractivity contribution in [1.29, 1.82) is 5.26 Å². The number of nitrogens with zero attached hydrogens (tertiary/aromatic N) is 2. The zero-order chi connectivity index (χ0) is 9.84. The number of nitriles is 1. The van der Waals surface area contributed by atoms with Crippen molar-refractivity contribution in [2.75, 3.05) is 5.88 Å². The molecule has 1 heterocycles. The predicted octanol–water partition coefficient (Wildman–Crippen LogP) is 3.45. The van der Waals surface area contributed by atoms with Crippen molar-refractivity contribution in [2.45, 2.75) is 5.92 Å². The Morgan fingerprint density at radius 2 is 2.31 bits per heavy atom. The Hall–Kier alpha value is -0.110. The first kappa shape index (κ1) is 11.0. The van der Waals surface area contributed by atoms with Gasteiger partial charge in [0.25, 0.3) is 0 Å². The third kappa shape index (κ3) is 2.67. The molecule has 0 bridgehead atoms. The average Bonchev–Trinajstić information content (AvgIpc) is 2.10. The van der Waals surface area contributed by atoms with E-state index in [9.17, 15) is 0 Å². The Morgan fingerprint density at radius 3 is 2.77 bits per heavy atom. The molecule has 0 saturated heterocycles. The maximum atomic E-state index is 8.77. The van der Waals surface area contributed by atoms with Gasteiger partial charge in [-0.2, -0.15) is 5.26 Å². The molecular formula is C8H5Br2ClN2. The van der Waals surface area contributed by atoms with Gasteiger partial charge in [-0.1, -0.05) is 0 Å². The van der Waals surface area contributed by atoms with Gasteiger partial charge in [0.1, 0.15) is 5.92 Å². The fourth-order valence-electron chi connectivity index (χ4n) is 0.850. The predicted molar refractivity (Wildman–Crippen MR) is 58.7 cm³/mol. The van der Waals surface area contributed by atoms with E-state index in [-0.39, 0.29) is 11.8 Å². The summed E-state index contributed by atoms with van der Waals surface area (Å²) in [6.45, 7) is 0. The molecule has 0 fully saturated rings. The molecule has 0 spiro atoms. The number of aromatic nitrogens is 1. The molecule has 0 aliphatic carbocycles. The number of pyridine rings is 1. The molecule has 5 heteroatoms. The Balaban J connectivity index is 3.09. The molecule has 1 atom stereocenters. The minimum absolute atomic E-state index is 0.254. The zero-order valence-electron chi connectivity index (χ0n) is 6.47. The standard InChI is InChI=1S/C8H5Br2ClN2/c9-6-1-7(10)8(13-4-6)5(2-11)3-12/h1,4-5H,2H2. The number of alkyl halides is 1. The van der Waals surface area contributed by atoms with E-state index in [0.717, 1.165) is 8.95 Å². The topological polar surface area (TPSA) is 36.7 Å². The van der Waals surface area contributed by atoms with Gasteiger partial charge in [0.05, 0.1) is 11.8 Å². The third-order valence-electron chi connectivity index (χ3n) is 1.48. The molecule has 0 saturated carbocycles. The Kier molecular flexibility index (Phi) is 4.17. The lowest BCUT2D eigenvalue weighted by Gasteiger charge is -2.06. The Bertz CT molecular complexity index is 348. The second-order valence-corrected chi connectivity index (χ2v) is 4.44. The lowest BCUT2D eigenvalue weighted by Crippen LogP contribution is -2.01. The SMILES string of the molecule is N#CC(CCl)c1ncc(Br)cc1Br. The van der Waals surface area contributed by atoms with E-state index in [1.165, 1.54) is 0 Å². The van der Waals surface area contributed by atoms with Gasteiger partial charge in [0.2, 0.25) is 0 Å². The van der Waals surface area contributed by atoms with Crippen LogP contribution in [-0.4, -0.2) is 10.9 Å². The van der Waals surface area contributed by atoms with E-state index in [2.05, 4.69) is 42.9 Å². The zero-order valence-corrected chi connectivity index (χ0v) is 10.4. The van der Waals surface area contributed by atoms with Gasteiger partial charge in [0, 0.05) is 21.0 Å². The monoisotopic (exact) mass is 322 g/mol. The van der Waals surface area contributed by atoms with E-state index in [0.29, 0.717) is 5.69 Å². The molecule has 0 amide bonds. The van der Waals surface area contributed by atoms with Crippen LogP contribution in [-0.2, 0) is 0 Å². The van der Waals surface area contributed by atoms with Crippen LogP contribution >= 0.6 is 43.5 Å². The van der Waals surface area contributed by atoms with Crippen LogP contribution in [0.25, 0.3) is 0 Å². The van der Waals surface area contributed by atoms with Gasteiger partial charge >= 0.3 is 0 Å². The molecule has 1 aromatic rings. The van der Waals surface area contributed by atoms with Gasteiger partial charge in [-0.3, -0.25) is 4.98 Å². The molecule has 0 aromatic carbocycles. The summed E-state index contributed by atoms with van der Waals surface area (Å²) in [6.07, 6.45) is 1.65. The van der Waals surface area contributed by atoms with Crippen molar-refractivity contribution in [3.05, 3.63) is 26.9 Å². The van der Waals surface area contributed by atoms with E-state index in [1.54, 1.807) is 6.20 Å². The van der Waals surface area contributed by atoms with Crippen LogP contribution in [0.1, 0.15) is 11.6 Å². The highest BCUT2D eigenvalue weighted by molar-refractivity contribution is 9.11. The summed E-state index contributed by atoms with van der Waals surface area (Å²) < 4.78 is 1.67. The number of rotatable bonds is 2. The van der Waals surface area contributed by atoms with Crippen molar-refractivity contribution >= 4 is 43.5 Å². The number of halogens is 3. The third-order valence-corrected chi connectivity index (χ3v) is 2.85. The summed E-state index contributed by atoms with van der Waals surface area (Å²) in [5.74, 6) is -0.104. The first-order valence-corrected chi connectivity index (χ1v) is 5.57. The minimum Gasteiger partial charge on any atom is -0.257 e. The van der Waals surface area contributed by atoms with Crippen molar-refractivity contribution < 1.29 is 0 Å². The Morgan fingerprint density at radius 1 is 1.62 bits per heavy atom. The molecule has 0 N–H and O–H groups in total. The van der Waals surface area contributed by atoms with Crippen LogP contribution in [0.2, 0.25) is 0 Å². The Labute approximate surface area is 98.2 Å². The fourth-order valence-corrected chi connectivity index (χ4v) is 2.33. The van der Waals surface area contributed by atoms with Crippen LogP contribution in [0.15, 0.2) is 21.2 Å². The highest BCUT2D eigenvalue weighted by atomic mass is 79.9. The van der Waals surface area contributed by atoms with Crippen LogP contribution in [0, 0.1) is 11.3 Å². The quantitative estimate of drug-likeness (QED) is 0.781. The summed E-state index contributed by atoms with van der Waals surface area (Å²) in [7, 11) is 0. The number of hydrogen-bond donors (Lipinski definition) is 0. The van der Waals surface area contributed by atoms with Crippen LogP contribution in [0.3, 0.4) is 0 Å². The van der Waals surface area contributed by atoms with Gasteiger partial charge in [-0.05, 0) is 37.9 Å². The first-order valence-electron chi connectivity index (χ1n) is 3.45. The fraction of sp³-hybridized carbons (Fsp3) is 0.250. The first-order chi connectivity index (χ1) is 6.19. The second-order valence-electron chi connectivity index (χ2n) is 2.36. The molecule has 1 rings (SSSR count). The van der Waals surface area contributed by atoms with Crippen molar-refractivity contribution in [1.82, 2.24) is 4.98 Å². The van der Waals surface area contributed by atoms with E-state index < -0.39 is 0 Å². The molecule has 0 aliphatic heterocycles. The van der Waals surface area contributed by atoms with Gasteiger partial charge in [-0.25, -0.2) is 0 Å². The lowest BCUT2D eigenvalue weighted by atomic mass is 10.1. The summed E-state index contributed by atoms with van der Waals surface area (Å²) in [6, 6.07) is 3.94. The molecule has 68 valence electrons. The van der Waals surface area contributed by atoms with Crippen LogP contribution < -0.4 is 0 Å². The summed E-state index contributed by atoms with van der Waals surface area (Å²) in [5.41, 5.74) is 0.681. The number of hydrogen-bond acceptors (Lipinski definition) is 2. The minimum atomic E-state index is -0.357.